The van der Waals surface area contributed by atoms with Crippen molar-refractivity contribution in [3.05, 3.63) is 29.8 Å². The Labute approximate surface area is 121 Å². The topological polar surface area (TPSA) is 58.4 Å². The maximum Gasteiger partial charge on any atom is 0.225 e. The summed E-state index contributed by atoms with van der Waals surface area (Å²) in [5, 5.41) is 2.95. The fourth-order valence-electron chi connectivity index (χ4n) is 2.75. The van der Waals surface area contributed by atoms with E-state index in [1.807, 2.05) is 24.3 Å². The van der Waals surface area contributed by atoms with Gasteiger partial charge in [-0.15, -0.1) is 0 Å². The number of amides is 1. The number of nitrogens with one attached hydrogen (secondary N) is 1. The summed E-state index contributed by atoms with van der Waals surface area (Å²) in [6.45, 7) is 5.88. The Hall–Kier alpha value is -1.39. The van der Waals surface area contributed by atoms with Crippen molar-refractivity contribution in [3.8, 4) is 0 Å². The molecule has 1 amide bonds. The summed E-state index contributed by atoms with van der Waals surface area (Å²) in [5.41, 5.74) is 7.47. The number of likely N-dealkylation sites (tertiary alicyclic amines) is 1. The number of carbonyl (C=O) groups is 1. The van der Waals surface area contributed by atoms with Gasteiger partial charge in [0.2, 0.25) is 5.91 Å². The van der Waals surface area contributed by atoms with Crippen LogP contribution in [-0.2, 0) is 11.3 Å². The Kier molecular flexibility index (Phi) is 5.56. The van der Waals surface area contributed by atoms with E-state index in [1.165, 1.54) is 12.8 Å². The molecule has 0 bridgehead atoms. The normalized spacial score (nSPS) is 19.8. The smallest absolute Gasteiger partial charge is 0.225 e. The number of nitrogens with two attached hydrogens (primary N) is 1. The number of nitrogens with zero attached hydrogens (tertiary/aromatic N) is 1. The van der Waals surface area contributed by atoms with Gasteiger partial charge in [0.25, 0.3) is 0 Å². The monoisotopic (exact) mass is 275 g/mol. The quantitative estimate of drug-likeness (QED) is 0.866. The summed E-state index contributed by atoms with van der Waals surface area (Å²) < 4.78 is 0. The van der Waals surface area contributed by atoms with Gasteiger partial charge in [0.1, 0.15) is 0 Å². The molecular weight excluding hydrogens is 250 g/mol. The second-order valence-corrected chi connectivity index (χ2v) is 5.75. The molecule has 1 aromatic rings. The highest BCUT2D eigenvalue weighted by molar-refractivity contribution is 5.90. The van der Waals surface area contributed by atoms with Crippen molar-refractivity contribution >= 4 is 11.6 Å². The molecule has 1 saturated heterocycles. The molecule has 20 heavy (non-hydrogen) atoms. The van der Waals surface area contributed by atoms with E-state index >= 15 is 0 Å². The number of hydrogen-bond acceptors (Lipinski definition) is 3. The maximum atomic E-state index is 12.0. The zero-order valence-electron chi connectivity index (χ0n) is 12.3. The highest BCUT2D eigenvalue weighted by atomic mass is 16.1. The molecule has 1 aliphatic heterocycles. The summed E-state index contributed by atoms with van der Waals surface area (Å²) in [6, 6.07) is 7.72. The van der Waals surface area contributed by atoms with E-state index in [4.69, 9.17) is 5.73 Å². The van der Waals surface area contributed by atoms with E-state index in [0.717, 1.165) is 36.8 Å². The Balaban J connectivity index is 1.77. The summed E-state index contributed by atoms with van der Waals surface area (Å²) in [6.07, 6.45) is 3.12. The number of rotatable bonds is 5. The van der Waals surface area contributed by atoms with Gasteiger partial charge in [-0.05, 0) is 43.0 Å². The first-order valence-corrected chi connectivity index (χ1v) is 7.48. The van der Waals surface area contributed by atoms with Gasteiger partial charge < -0.3 is 16.0 Å². The van der Waals surface area contributed by atoms with Crippen LogP contribution in [0.4, 0.5) is 5.69 Å². The standard InChI is InChI=1S/C16H25N3O/c1-13-4-3-8-19(12-13)9-7-16(20)18-15-6-2-5-14(10-15)11-17/h2,5-6,10,13H,3-4,7-9,11-12,17H2,1H3,(H,18,20). The van der Waals surface area contributed by atoms with E-state index in [9.17, 15) is 4.79 Å². The van der Waals surface area contributed by atoms with E-state index in [2.05, 4.69) is 17.1 Å². The first kappa shape index (κ1) is 15.0. The summed E-state index contributed by atoms with van der Waals surface area (Å²) in [5.74, 6) is 0.838. The molecule has 0 spiro atoms. The van der Waals surface area contributed by atoms with Crippen LogP contribution in [0.3, 0.4) is 0 Å². The minimum absolute atomic E-state index is 0.0809. The maximum absolute atomic E-state index is 12.0. The molecule has 1 fully saturated rings. The molecule has 1 unspecified atom stereocenters. The van der Waals surface area contributed by atoms with Crippen LogP contribution in [0.2, 0.25) is 0 Å². The molecular formula is C16H25N3O. The van der Waals surface area contributed by atoms with Crippen LogP contribution in [0.25, 0.3) is 0 Å². The van der Waals surface area contributed by atoms with E-state index in [0.29, 0.717) is 13.0 Å². The molecule has 1 aliphatic rings. The fourth-order valence-corrected chi connectivity index (χ4v) is 2.75. The molecule has 0 radical (unpaired) electrons. The second kappa shape index (κ2) is 7.41. The highest BCUT2D eigenvalue weighted by Gasteiger charge is 2.16. The lowest BCUT2D eigenvalue weighted by atomic mass is 10.0. The first-order valence-electron chi connectivity index (χ1n) is 7.48. The molecule has 1 heterocycles. The van der Waals surface area contributed by atoms with Crippen molar-refractivity contribution in [3.63, 3.8) is 0 Å². The zero-order valence-corrected chi connectivity index (χ0v) is 12.3. The van der Waals surface area contributed by atoms with Gasteiger partial charge in [-0.3, -0.25) is 4.79 Å². The number of anilines is 1. The molecule has 4 nitrogen and oxygen atoms in total. The summed E-state index contributed by atoms with van der Waals surface area (Å²) in [4.78, 5) is 14.4. The van der Waals surface area contributed by atoms with Crippen LogP contribution in [0.1, 0.15) is 31.7 Å². The fraction of sp³-hybridized carbons (Fsp3) is 0.562. The van der Waals surface area contributed by atoms with Gasteiger partial charge in [-0.1, -0.05) is 19.1 Å². The number of hydrogen-bond donors (Lipinski definition) is 2. The minimum atomic E-state index is 0.0809. The van der Waals surface area contributed by atoms with Crippen molar-refractivity contribution < 1.29 is 4.79 Å². The number of piperidine rings is 1. The molecule has 0 aliphatic carbocycles. The minimum Gasteiger partial charge on any atom is -0.326 e. The van der Waals surface area contributed by atoms with E-state index in [1.54, 1.807) is 0 Å². The molecule has 1 atom stereocenters. The highest BCUT2D eigenvalue weighted by Crippen LogP contribution is 2.16. The van der Waals surface area contributed by atoms with Crippen LogP contribution in [-0.4, -0.2) is 30.4 Å². The van der Waals surface area contributed by atoms with Gasteiger partial charge in [0.05, 0.1) is 0 Å². The van der Waals surface area contributed by atoms with Crippen molar-refractivity contribution in [2.45, 2.75) is 32.7 Å². The first-order chi connectivity index (χ1) is 9.67. The van der Waals surface area contributed by atoms with E-state index < -0.39 is 0 Å². The molecule has 4 heteroatoms. The summed E-state index contributed by atoms with van der Waals surface area (Å²) in [7, 11) is 0. The van der Waals surface area contributed by atoms with Crippen LogP contribution >= 0.6 is 0 Å². The van der Waals surface area contributed by atoms with Gasteiger partial charge in [-0.2, -0.15) is 0 Å². The number of carbonyl (C=O) groups excluding carboxylic acids is 1. The Morgan fingerprint density at radius 1 is 1.50 bits per heavy atom. The van der Waals surface area contributed by atoms with Gasteiger partial charge in [-0.25, -0.2) is 0 Å². The number of benzene rings is 1. The third-order valence-electron chi connectivity index (χ3n) is 3.84. The Morgan fingerprint density at radius 2 is 2.35 bits per heavy atom. The lowest BCUT2D eigenvalue weighted by Crippen LogP contribution is -2.36. The van der Waals surface area contributed by atoms with Crippen LogP contribution in [0.5, 0.6) is 0 Å². The lowest BCUT2D eigenvalue weighted by molar-refractivity contribution is -0.116. The van der Waals surface area contributed by atoms with Crippen molar-refractivity contribution in [1.82, 2.24) is 4.90 Å². The average molecular weight is 275 g/mol. The molecule has 0 saturated carbocycles. The largest absolute Gasteiger partial charge is 0.326 e. The van der Waals surface area contributed by atoms with Crippen molar-refractivity contribution in [2.75, 3.05) is 25.0 Å². The van der Waals surface area contributed by atoms with Crippen LogP contribution in [0, 0.1) is 5.92 Å². The summed E-state index contributed by atoms with van der Waals surface area (Å²) >= 11 is 0. The second-order valence-electron chi connectivity index (χ2n) is 5.75. The average Bonchev–Trinajstić information content (AvgIpc) is 2.45. The predicted octanol–water partition coefficient (Wildman–Crippen LogP) is 2.21. The molecule has 0 aromatic heterocycles. The molecule has 2 rings (SSSR count). The lowest BCUT2D eigenvalue weighted by Gasteiger charge is -2.30. The third-order valence-corrected chi connectivity index (χ3v) is 3.84. The van der Waals surface area contributed by atoms with E-state index in [-0.39, 0.29) is 5.91 Å². The Bertz CT molecular complexity index is 447. The van der Waals surface area contributed by atoms with Gasteiger partial charge >= 0.3 is 0 Å². The molecule has 1 aromatic carbocycles. The predicted molar refractivity (Wildman–Crippen MR) is 82.4 cm³/mol. The Morgan fingerprint density at radius 3 is 3.10 bits per heavy atom. The molecule has 3 N–H and O–H groups in total. The third kappa shape index (κ3) is 4.62. The van der Waals surface area contributed by atoms with Crippen LogP contribution < -0.4 is 11.1 Å². The van der Waals surface area contributed by atoms with Crippen molar-refractivity contribution in [2.24, 2.45) is 11.7 Å². The van der Waals surface area contributed by atoms with Gasteiger partial charge in [0, 0.05) is 31.7 Å². The van der Waals surface area contributed by atoms with Crippen molar-refractivity contribution in [1.29, 1.82) is 0 Å². The molecule has 110 valence electrons. The zero-order chi connectivity index (χ0) is 14.4. The van der Waals surface area contributed by atoms with Crippen LogP contribution in [0.15, 0.2) is 24.3 Å². The van der Waals surface area contributed by atoms with Gasteiger partial charge in [0.15, 0.2) is 0 Å². The SMILES string of the molecule is CC1CCCN(CCC(=O)Nc2cccc(CN)c2)C1.